The topological polar surface area (TPSA) is 76.1 Å². The van der Waals surface area contributed by atoms with E-state index in [9.17, 15) is 17.6 Å². The Balaban J connectivity index is 2.29. The van der Waals surface area contributed by atoms with Gasteiger partial charge in [0.1, 0.15) is 5.82 Å². The number of hydrogen-bond donors (Lipinski definition) is 1. The number of anilines is 1. The van der Waals surface area contributed by atoms with Gasteiger partial charge in [-0.3, -0.25) is 9.78 Å². The summed E-state index contributed by atoms with van der Waals surface area (Å²) >= 11 is 0. The zero-order valence-electron chi connectivity index (χ0n) is 10.8. The van der Waals surface area contributed by atoms with Gasteiger partial charge in [0, 0.05) is 22.6 Å². The van der Waals surface area contributed by atoms with Crippen molar-refractivity contribution in [2.45, 2.75) is 11.8 Å². The number of pyridine rings is 1. The van der Waals surface area contributed by atoms with E-state index < -0.39 is 20.8 Å². The van der Waals surface area contributed by atoms with E-state index in [-0.39, 0.29) is 10.6 Å². The second-order valence-electron chi connectivity index (χ2n) is 4.17. The largest absolute Gasteiger partial charge is 0.319 e. The Kier molecular flexibility index (Phi) is 4.24. The molecule has 0 saturated heterocycles. The second-order valence-corrected chi connectivity index (χ2v) is 6.74. The van der Waals surface area contributed by atoms with Gasteiger partial charge in [-0.1, -0.05) is 0 Å². The maximum atomic E-state index is 13.8. The summed E-state index contributed by atoms with van der Waals surface area (Å²) in [6, 6.07) is 6.12. The molecule has 0 unspecified atom stereocenters. The van der Waals surface area contributed by atoms with Crippen molar-refractivity contribution in [3.63, 3.8) is 0 Å². The Bertz CT molecular complexity index is 809. The fourth-order valence-corrected chi connectivity index (χ4v) is 2.43. The minimum absolute atomic E-state index is 0.146. The number of nitrogens with one attached hydrogen (secondary N) is 1. The molecule has 110 valence electrons. The minimum Gasteiger partial charge on any atom is -0.319 e. The maximum absolute atomic E-state index is 13.8. The van der Waals surface area contributed by atoms with Crippen LogP contribution >= 0.6 is 10.7 Å². The van der Waals surface area contributed by atoms with Crippen LogP contribution < -0.4 is 5.32 Å². The van der Waals surface area contributed by atoms with Gasteiger partial charge in [-0.2, -0.15) is 0 Å². The number of carbonyl (C=O) groups excluding carboxylic acids is 1. The maximum Gasteiger partial charge on any atom is 0.261 e. The van der Waals surface area contributed by atoms with Crippen LogP contribution in [0.2, 0.25) is 0 Å². The molecule has 0 atom stereocenters. The Morgan fingerprint density at radius 3 is 2.62 bits per heavy atom. The number of carbonyl (C=O) groups is 1. The molecule has 0 saturated carbocycles. The molecular weight excluding hydrogens is 319 g/mol. The lowest BCUT2D eigenvalue weighted by Crippen LogP contribution is -2.15. The molecular formula is C13H10ClFN2O3S. The molecule has 1 aromatic carbocycles. The molecule has 1 heterocycles. The third-order valence-electron chi connectivity index (χ3n) is 2.72. The lowest BCUT2D eigenvalue weighted by molar-refractivity contribution is 0.102. The summed E-state index contributed by atoms with van der Waals surface area (Å²) in [6.07, 6.45) is 1.53. The van der Waals surface area contributed by atoms with Crippen LogP contribution in [0.15, 0.2) is 41.4 Å². The molecule has 8 heteroatoms. The van der Waals surface area contributed by atoms with Gasteiger partial charge in [-0.25, -0.2) is 12.8 Å². The average molecular weight is 329 g/mol. The molecule has 0 radical (unpaired) electrons. The third-order valence-corrected chi connectivity index (χ3v) is 4.07. The van der Waals surface area contributed by atoms with E-state index in [0.29, 0.717) is 11.3 Å². The van der Waals surface area contributed by atoms with E-state index in [1.807, 2.05) is 0 Å². The molecule has 0 aliphatic carbocycles. The quantitative estimate of drug-likeness (QED) is 0.879. The van der Waals surface area contributed by atoms with Crippen LogP contribution in [0.5, 0.6) is 0 Å². The van der Waals surface area contributed by atoms with Crippen molar-refractivity contribution < 1.29 is 17.6 Å². The van der Waals surface area contributed by atoms with Gasteiger partial charge in [0.05, 0.1) is 16.1 Å². The van der Waals surface area contributed by atoms with Gasteiger partial charge in [0.15, 0.2) is 0 Å². The molecule has 0 aliphatic heterocycles. The predicted octanol–water partition coefficient (Wildman–Crippen LogP) is 2.71. The van der Waals surface area contributed by atoms with Crippen molar-refractivity contribution >= 4 is 31.3 Å². The van der Waals surface area contributed by atoms with Gasteiger partial charge in [-0.15, -0.1) is 0 Å². The van der Waals surface area contributed by atoms with E-state index in [1.54, 1.807) is 19.1 Å². The Morgan fingerprint density at radius 2 is 2.05 bits per heavy atom. The number of nitrogens with zero attached hydrogens (tertiary/aromatic N) is 1. The number of rotatable bonds is 3. The summed E-state index contributed by atoms with van der Waals surface area (Å²) in [5.41, 5.74) is 0.647. The van der Waals surface area contributed by atoms with Crippen LogP contribution in [-0.4, -0.2) is 19.3 Å². The summed E-state index contributed by atoms with van der Waals surface area (Å²) in [5, 5.41) is 2.35. The van der Waals surface area contributed by atoms with Crippen molar-refractivity contribution in [1.29, 1.82) is 0 Å². The molecule has 21 heavy (non-hydrogen) atoms. The molecule has 1 aromatic heterocycles. The number of hydrogen-bond acceptors (Lipinski definition) is 4. The highest BCUT2D eigenvalue weighted by Gasteiger charge is 2.16. The number of halogens is 2. The first kappa shape index (κ1) is 15.4. The summed E-state index contributed by atoms with van der Waals surface area (Å²) in [7, 11) is 1.10. The summed E-state index contributed by atoms with van der Waals surface area (Å²) < 4.78 is 36.0. The predicted molar refractivity (Wildman–Crippen MR) is 76.4 cm³/mol. The fraction of sp³-hybridized carbons (Fsp3) is 0.0769. The van der Waals surface area contributed by atoms with Gasteiger partial charge in [-0.05, 0) is 37.3 Å². The first-order valence-corrected chi connectivity index (χ1v) is 8.07. The van der Waals surface area contributed by atoms with Crippen molar-refractivity contribution in [2.75, 3.05) is 5.32 Å². The van der Waals surface area contributed by atoms with E-state index in [4.69, 9.17) is 10.7 Å². The highest BCUT2D eigenvalue weighted by atomic mass is 35.7. The molecule has 1 amide bonds. The molecule has 0 aliphatic rings. The molecule has 0 spiro atoms. The van der Waals surface area contributed by atoms with Gasteiger partial charge in [0.2, 0.25) is 0 Å². The van der Waals surface area contributed by atoms with E-state index >= 15 is 0 Å². The normalized spacial score (nSPS) is 11.2. The van der Waals surface area contributed by atoms with Gasteiger partial charge < -0.3 is 5.32 Å². The first-order valence-electron chi connectivity index (χ1n) is 5.76. The van der Waals surface area contributed by atoms with E-state index in [0.717, 1.165) is 18.2 Å². The number of aryl methyl sites for hydroxylation is 1. The summed E-state index contributed by atoms with van der Waals surface area (Å²) in [4.78, 5) is 15.6. The molecule has 0 fully saturated rings. The third kappa shape index (κ3) is 3.56. The second kappa shape index (κ2) is 5.79. The van der Waals surface area contributed by atoms with Crippen LogP contribution in [0.1, 0.15) is 16.1 Å². The number of amides is 1. The van der Waals surface area contributed by atoms with E-state index in [1.165, 1.54) is 6.20 Å². The lowest BCUT2D eigenvalue weighted by atomic mass is 10.2. The Labute approximate surface area is 125 Å². The molecule has 2 aromatic rings. The molecule has 5 nitrogen and oxygen atoms in total. The standard InChI is InChI=1S/C13H10ClFN2O3S/c1-8-10(3-2-6-16-8)13(18)17-12-5-4-9(7-11(12)15)21(14,19)20/h2-7H,1H3,(H,17,18). The smallest absolute Gasteiger partial charge is 0.261 e. The van der Waals surface area contributed by atoms with Crippen LogP contribution in [0.4, 0.5) is 10.1 Å². The highest BCUT2D eigenvalue weighted by molar-refractivity contribution is 8.13. The van der Waals surface area contributed by atoms with Crippen molar-refractivity contribution in [3.8, 4) is 0 Å². The van der Waals surface area contributed by atoms with E-state index in [2.05, 4.69) is 10.3 Å². The highest BCUT2D eigenvalue weighted by Crippen LogP contribution is 2.22. The van der Waals surface area contributed by atoms with Crippen LogP contribution in [0.3, 0.4) is 0 Å². The monoisotopic (exact) mass is 328 g/mol. The zero-order chi connectivity index (χ0) is 15.6. The van der Waals surface area contributed by atoms with Crippen molar-refractivity contribution in [1.82, 2.24) is 4.98 Å². The van der Waals surface area contributed by atoms with Crippen molar-refractivity contribution in [2.24, 2.45) is 0 Å². The first-order chi connectivity index (χ1) is 9.79. The number of benzene rings is 1. The zero-order valence-corrected chi connectivity index (χ0v) is 12.4. The lowest BCUT2D eigenvalue weighted by Gasteiger charge is -2.08. The van der Waals surface area contributed by atoms with Crippen molar-refractivity contribution in [3.05, 3.63) is 53.6 Å². The molecule has 1 N–H and O–H groups in total. The van der Waals surface area contributed by atoms with Crippen LogP contribution in [-0.2, 0) is 9.05 Å². The van der Waals surface area contributed by atoms with Crippen LogP contribution in [0.25, 0.3) is 0 Å². The summed E-state index contributed by atoms with van der Waals surface area (Å²) in [6.45, 7) is 1.65. The molecule has 2 rings (SSSR count). The number of aromatic nitrogens is 1. The molecule has 0 bridgehead atoms. The van der Waals surface area contributed by atoms with Gasteiger partial charge >= 0.3 is 0 Å². The Hall–Kier alpha value is -1.99. The fourth-order valence-electron chi connectivity index (χ4n) is 1.66. The summed E-state index contributed by atoms with van der Waals surface area (Å²) in [5.74, 6) is -1.44. The van der Waals surface area contributed by atoms with Gasteiger partial charge in [0.25, 0.3) is 15.0 Å². The minimum atomic E-state index is -4.02. The average Bonchev–Trinajstić information content (AvgIpc) is 2.40. The Morgan fingerprint density at radius 1 is 1.33 bits per heavy atom. The van der Waals surface area contributed by atoms with Crippen LogP contribution in [0, 0.1) is 12.7 Å². The SMILES string of the molecule is Cc1ncccc1C(=O)Nc1ccc(S(=O)(=O)Cl)cc1F.